The van der Waals surface area contributed by atoms with E-state index in [0.29, 0.717) is 6.61 Å². The number of ether oxygens (including phenoxy) is 1. The molecule has 3 heteroatoms. The minimum atomic E-state index is -0.430. The van der Waals surface area contributed by atoms with Crippen molar-refractivity contribution < 1.29 is 9.84 Å². The molecule has 0 amide bonds. The highest BCUT2D eigenvalue weighted by atomic mass is 16.5. The second-order valence-corrected chi connectivity index (χ2v) is 4.51. The van der Waals surface area contributed by atoms with Gasteiger partial charge in [0, 0.05) is 0 Å². The molecule has 3 nitrogen and oxygen atoms in total. The second-order valence-electron chi connectivity index (χ2n) is 4.51. The molecule has 0 aliphatic rings. The maximum absolute atomic E-state index is 9.64. The number of aliphatic hydroxyl groups excluding tert-OH is 1. The van der Waals surface area contributed by atoms with Gasteiger partial charge in [-0.05, 0) is 42.7 Å². The van der Waals surface area contributed by atoms with Crippen LogP contribution in [0.15, 0.2) is 24.3 Å². The quantitative estimate of drug-likeness (QED) is 0.714. The summed E-state index contributed by atoms with van der Waals surface area (Å²) in [5, 5.41) is 16.6. The van der Waals surface area contributed by atoms with Crippen molar-refractivity contribution in [3.63, 3.8) is 0 Å². The molecule has 94 valence electrons. The fourth-order valence-electron chi connectivity index (χ4n) is 1.40. The Bertz CT molecular complexity index is 350. The Kier molecular flexibility index (Phi) is 5.70. The predicted octanol–water partition coefficient (Wildman–Crippen LogP) is 2.66. The number of nitrogens with one attached hydrogen (secondary N) is 1. The molecular formula is C14H21NO2. The summed E-state index contributed by atoms with van der Waals surface area (Å²) in [7, 11) is 0. The van der Waals surface area contributed by atoms with Crippen LogP contribution in [-0.2, 0) is 6.42 Å². The Morgan fingerprint density at radius 2 is 2.18 bits per heavy atom. The van der Waals surface area contributed by atoms with Crippen LogP contribution in [0.2, 0.25) is 0 Å². The number of aliphatic hydroxyl groups is 1. The van der Waals surface area contributed by atoms with Crippen molar-refractivity contribution >= 4 is 6.21 Å². The largest absolute Gasteiger partial charge is 0.491 e. The molecule has 17 heavy (non-hydrogen) atoms. The zero-order valence-electron chi connectivity index (χ0n) is 10.5. The van der Waals surface area contributed by atoms with Crippen molar-refractivity contribution in [1.82, 2.24) is 0 Å². The summed E-state index contributed by atoms with van der Waals surface area (Å²) in [6.07, 6.45) is 2.59. The average Bonchev–Trinajstić information content (AvgIpc) is 2.33. The summed E-state index contributed by atoms with van der Waals surface area (Å²) in [5.41, 5.74) is 1.16. The first kappa shape index (κ1) is 13.7. The van der Waals surface area contributed by atoms with E-state index in [1.807, 2.05) is 38.1 Å². The van der Waals surface area contributed by atoms with Crippen molar-refractivity contribution in [3.05, 3.63) is 29.8 Å². The minimum absolute atomic E-state index is 0.205. The van der Waals surface area contributed by atoms with Crippen molar-refractivity contribution in [1.29, 1.82) is 5.41 Å². The summed E-state index contributed by atoms with van der Waals surface area (Å²) in [6.45, 7) is 4.26. The summed E-state index contributed by atoms with van der Waals surface area (Å²) in [4.78, 5) is 0. The summed E-state index contributed by atoms with van der Waals surface area (Å²) in [6, 6.07) is 7.82. The van der Waals surface area contributed by atoms with Crippen molar-refractivity contribution in [2.45, 2.75) is 32.8 Å². The van der Waals surface area contributed by atoms with Crippen LogP contribution in [0.25, 0.3) is 0 Å². The van der Waals surface area contributed by atoms with Gasteiger partial charge in [-0.1, -0.05) is 26.0 Å². The van der Waals surface area contributed by atoms with E-state index < -0.39 is 6.10 Å². The van der Waals surface area contributed by atoms with Gasteiger partial charge >= 0.3 is 0 Å². The van der Waals surface area contributed by atoms with E-state index in [2.05, 4.69) is 0 Å². The maximum atomic E-state index is 9.64. The van der Waals surface area contributed by atoms with E-state index in [1.165, 1.54) is 6.21 Å². The van der Waals surface area contributed by atoms with Crippen LogP contribution >= 0.6 is 0 Å². The molecule has 0 aliphatic heterocycles. The topological polar surface area (TPSA) is 53.3 Å². The summed E-state index contributed by atoms with van der Waals surface area (Å²) < 4.78 is 5.54. The van der Waals surface area contributed by atoms with Gasteiger partial charge in [0.15, 0.2) is 0 Å². The molecule has 1 rings (SSSR count). The molecule has 2 N–H and O–H groups in total. The van der Waals surface area contributed by atoms with Gasteiger partial charge in [0.05, 0.1) is 6.10 Å². The lowest BCUT2D eigenvalue weighted by Crippen LogP contribution is -2.23. The zero-order valence-corrected chi connectivity index (χ0v) is 10.5. The first-order valence-corrected chi connectivity index (χ1v) is 6.02. The molecule has 0 aliphatic carbocycles. The van der Waals surface area contributed by atoms with Gasteiger partial charge in [-0.3, -0.25) is 0 Å². The van der Waals surface area contributed by atoms with Gasteiger partial charge < -0.3 is 15.3 Å². The lowest BCUT2D eigenvalue weighted by molar-refractivity contribution is 0.0701. The Hall–Kier alpha value is -1.35. The number of aryl methyl sites for hydroxylation is 1. The van der Waals surface area contributed by atoms with Gasteiger partial charge in [0.2, 0.25) is 0 Å². The fourth-order valence-corrected chi connectivity index (χ4v) is 1.40. The highest BCUT2D eigenvalue weighted by molar-refractivity contribution is 5.53. The van der Waals surface area contributed by atoms with Crippen LogP contribution in [0.3, 0.4) is 0 Å². The Morgan fingerprint density at radius 1 is 1.41 bits per heavy atom. The van der Waals surface area contributed by atoms with Gasteiger partial charge in [-0.25, -0.2) is 0 Å². The van der Waals surface area contributed by atoms with Crippen LogP contribution in [0.5, 0.6) is 5.75 Å². The molecule has 0 fully saturated rings. The smallest absolute Gasteiger partial charge is 0.119 e. The molecule has 1 atom stereocenters. The Balaban J connectivity index is 2.50. The molecule has 0 spiro atoms. The van der Waals surface area contributed by atoms with Crippen LogP contribution < -0.4 is 4.74 Å². The molecule has 0 saturated carbocycles. The molecule has 0 radical (unpaired) electrons. The summed E-state index contributed by atoms with van der Waals surface area (Å²) >= 11 is 0. The first-order valence-electron chi connectivity index (χ1n) is 6.02. The highest BCUT2D eigenvalue weighted by Crippen LogP contribution is 2.15. The fraction of sp³-hybridized carbons (Fsp3) is 0.500. The molecule has 1 unspecified atom stereocenters. The van der Waals surface area contributed by atoms with Crippen LogP contribution in [0.4, 0.5) is 0 Å². The molecular weight excluding hydrogens is 214 g/mol. The van der Waals surface area contributed by atoms with Gasteiger partial charge in [-0.2, -0.15) is 0 Å². The van der Waals surface area contributed by atoms with E-state index in [1.54, 1.807) is 0 Å². The molecule has 0 heterocycles. The predicted molar refractivity (Wildman–Crippen MR) is 69.9 cm³/mol. The SMILES string of the molecule is CC(C)C(O)COc1cccc(CCC=N)c1. The Labute approximate surface area is 103 Å². The number of rotatable bonds is 7. The van der Waals surface area contributed by atoms with E-state index in [4.69, 9.17) is 10.1 Å². The van der Waals surface area contributed by atoms with Crippen molar-refractivity contribution in [2.24, 2.45) is 5.92 Å². The molecule has 1 aromatic carbocycles. The monoisotopic (exact) mass is 235 g/mol. The number of hydrogen-bond acceptors (Lipinski definition) is 3. The first-order chi connectivity index (χ1) is 8.13. The van der Waals surface area contributed by atoms with E-state index in [-0.39, 0.29) is 5.92 Å². The van der Waals surface area contributed by atoms with E-state index in [9.17, 15) is 5.11 Å². The van der Waals surface area contributed by atoms with Crippen molar-refractivity contribution in [2.75, 3.05) is 6.61 Å². The molecule has 0 aromatic heterocycles. The van der Waals surface area contributed by atoms with Crippen LogP contribution in [0, 0.1) is 11.3 Å². The third-order valence-corrected chi connectivity index (χ3v) is 2.67. The number of benzene rings is 1. The van der Waals surface area contributed by atoms with Gasteiger partial charge in [-0.15, -0.1) is 0 Å². The van der Waals surface area contributed by atoms with Crippen LogP contribution in [0.1, 0.15) is 25.8 Å². The zero-order chi connectivity index (χ0) is 12.7. The van der Waals surface area contributed by atoms with Crippen molar-refractivity contribution in [3.8, 4) is 5.75 Å². The molecule has 0 bridgehead atoms. The third-order valence-electron chi connectivity index (χ3n) is 2.67. The summed E-state index contributed by atoms with van der Waals surface area (Å²) in [5.74, 6) is 0.989. The molecule has 0 saturated heterocycles. The lowest BCUT2D eigenvalue weighted by atomic mass is 10.1. The second kappa shape index (κ2) is 7.07. The highest BCUT2D eigenvalue weighted by Gasteiger charge is 2.09. The normalized spacial score (nSPS) is 12.5. The van der Waals surface area contributed by atoms with E-state index >= 15 is 0 Å². The lowest BCUT2D eigenvalue weighted by Gasteiger charge is -2.15. The van der Waals surface area contributed by atoms with Gasteiger partial charge in [0.25, 0.3) is 0 Å². The standard InChI is InChI=1S/C14H21NO2/c1-11(2)14(16)10-17-13-7-3-5-12(9-13)6-4-8-15/h3,5,7-9,11,14-16H,4,6,10H2,1-2H3. The maximum Gasteiger partial charge on any atom is 0.119 e. The third kappa shape index (κ3) is 5.00. The minimum Gasteiger partial charge on any atom is -0.491 e. The van der Waals surface area contributed by atoms with Crippen LogP contribution in [-0.4, -0.2) is 24.0 Å². The van der Waals surface area contributed by atoms with Gasteiger partial charge in [0.1, 0.15) is 12.4 Å². The average molecular weight is 235 g/mol. The van der Waals surface area contributed by atoms with E-state index in [0.717, 1.165) is 24.2 Å². The molecule has 1 aromatic rings. The number of hydrogen-bond donors (Lipinski definition) is 2. The Morgan fingerprint density at radius 3 is 2.82 bits per heavy atom.